The van der Waals surface area contributed by atoms with Crippen molar-refractivity contribution in [1.29, 1.82) is 0 Å². The highest BCUT2D eigenvalue weighted by molar-refractivity contribution is 14.1. The number of aryl methyl sites for hydroxylation is 1. The van der Waals surface area contributed by atoms with Crippen molar-refractivity contribution >= 4 is 22.6 Å². The van der Waals surface area contributed by atoms with Gasteiger partial charge in [0.15, 0.2) is 0 Å². The lowest BCUT2D eigenvalue weighted by molar-refractivity contribution is 0.274. The molecule has 0 radical (unpaired) electrons. The molecular weight excluding hydrogens is 255 g/mol. The predicted molar refractivity (Wildman–Crippen MR) is 49.2 cm³/mol. The van der Waals surface area contributed by atoms with Gasteiger partial charge in [-0.15, -0.1) is 0 Å². The van der Waals surface area contributed by atoms with Gasteiger partial charge in [-0.25, -0.2) is 0 Å². The van der Waals surface area contributed by atoms with Crippen LogP contribution in [0.3, 0.4) is 0 Å². The Kier molecular flexibility index (Phi) is 1.88. The molecule has 0 saturated carbocycles. The first-order chi connectivity index (χ1) is 5.33. The van der Waals surface area contributed by atoms with Crippen molar-refractivity contribution in [2.75, 3.05) is 0 Å². The van der Waals surface area contributed by atoms with E-state index in [1.54, 1.807) is 0 Å². The SMILES string of the molecule is OCc1nn2c(c1I)CCC2. The summed E-state index contributed by atoms with van der Waals surface area (Å²) >= 11 is 2.26. The number of rotatable bonds is 1. The van der Waals surface area contributed by atoms with E-state index >= 15 is 0 Å². The van der Waals surface area contributed by atoms with Crippen LogP contribution in [0.2, 0.25) is 0 Å². The van der Waals surface area contributed by atoms with E-state index in [0.717, 1.165) is 22.2 Å². The third kappa shape index (κ3) is 1.08. The first-order valence-electron chi connectivity index (χ1n) is 3.68. The third-order valence-corrected chi connectivity index (χ3v) is 3.24. The molecule has 2 rings (SSSR count). The summed E-state index contributed by atoms with van der Waals surface area (Å²) in [5.41, 5.74) is 2.13. The van der Waals surface area contributed by atoms with Gasteiger partial charge in [0.25, 0.3) is 0 Å². The maximum atomic E-state index is 8.90. The normalized spacial score (nSPS) is 15.5. The van der Waals surface area contributed by atoms with Gasteiger partial charge in [0.1, 0.15) is 5.69 Å². The molecule has 2 heterocycles. The molecule has 0 aromatic carbocycles. The number of halogens is 1. The maximum Gasteiger partial charge on any atom is 0.101 e. The van der Waals surface area contributed by atoms with Crippen LogP contribution in [0, 0.1) is 3.57 Å². The van der Waals surface area contributed by atoms with Gasteiger partial charge in [0.05, 0.1) is 15.9 Å². The van der Waals surface area contributed by atoms with Gasteiger partial charge in [-0.2, -0.15) is 5.10 Å². The highest BCUT2D eigenvalue weighted by Crippen LogP contribution is 2.23. The summed E-state index contributed by atoms with van der Waals surface area (Å²) < 4.78 is 3.16. The van der Waals surface area contributed by atoms with E-state index in [4.69, 9.17) is 5.11 Å². The molecule has 0 amide bonds. The molecule has 0 aliphatic carbocycles. The zero-order chi connectivity index (χ0) is 7.84. The van der Waals surface area contributed by atoms with E-state index in [1.807, 2.05) is 4.68 Å². The number of hydrogen-bond acceptors (Lipinski definition) is 2. The van der Waals surface area contributed by atoms with E-state index in [-0.39, 0.29) is 6.61 Å². The Labute approximate surface area is 78.5 Å². The number of nitrogens with zero attached hydrogens (tertiary/aromatic N) is 2. The average molecular weight is 264 g/mol. The minimum Gasteiger partial charge on any atom is -0.390 e. The largest absolute Gasteiger partial charge is 0.390 e. The number of aromatic nitrogens is 2. The lowest BCUT2D eigenvalue weighted by Gasteiger charge is -1.89. The molecule has 0 unspecified atom stereocenters. The third-order valence-electron chi connectivity index (χ3n) is 1.99. The van der Waals surface area contributed by atoms with Crippen molar-refractivity contribution < 1.29 is 5.11 Å². The predicted octanol–water partition coefficient (Wildman–Crippen LogP) is 0.926. The average Bonchev–Trinajstić information content (AvgIpc) is 2.53. The molecule has 60 valence electrons. The van der Waals surface area contributed by atoms with Crippen LogP contribution in [0.25, 0.3) is 0 Å². The van der Waals surface area contributed by atoms with Crippen molar-refractivity contribution in [3.63, 3.8) is 0 Å². The Bertz CT molecular complexity index is 281. The van der Waals surface area contributed by atoms with Crippen molar-refractivity contribution in [1.82, 2.24) is 9.78 Å². The first kappa shape index (κ1) is 7.54. The van der Waals surface area contributed by atoms with Crippen LogP contribution in [0.5, 0.6) is 0 Å². The summed E-state index contributed by atoms with van der Waals surface area (Å²) in [6, 6.07) is 0. The smallest absolute Gasteiger partial charge is 0.101 e. The quantitative estimate of drug-likeness (QED) is 0.766. The molecule has 1 N–H and O–H groups in total. The van der Waals surface area contributed by atoms with Gasteiger partial charge in [0.2, 0.25) is 0 Å². The lowest BCUT2D eigenvalue weighted by atomic mass is 10.3. The fraction of sp³-hybridized carbons (Fsp3) is 0.571. The minimum absolute atomic E-state index is 0.0677. The zero-order valence-corrected chi connectivity index (χ0v) is 8.21. The molecule has 4 heteroatoms. The summed E-state index contributed by atoms with van der Waals surface area (Å²) in [7, 11) is 0. The summed E-state index contributed by atoms with van der Waals surface area (Å²) in [5, 5.41) is 13.2. The molecule has 0 bridgehead atoms. The first-order valence-corrected chi connectivity index (χ1v) is 4.75. The van der Waals surface area contributed by atoms with Crippen molar-refractivity contribution in [2.24, 2.45) is 0 Å². The Morgan fingerprint density at radius 3 is 3.09 bits per heavy atom. The van der Waals surface area contributed by atoms with Crippen LogP contribution in [0.1, 0.15) is 17.8 Å². The second kappa shape index (κ2) is 2.75. The van der Waals surface area contributed by atoms with E-state index in [2.05, 4.69) is 27.7 Å². The number of aliphatic hydroxyl groups is 1. The molecular formula is C7H9IN2O. The van der Waals surface area contributed by atoms with Crippen molar-refractivity contribution in [3.05, 3.63) is 15.0 Å². The molecule has 1 aliphatic heterocycles. The zero-order valence-electron chi connectivity index (χ0n) is 6.05. The van der Waals surface area contributed by atoms with Crippen LogP contribution >= 0.6 is 22.6 Å². The van der Waals surface area contributed by atoms with Crippen molar-refractivity contribution in [2.45, 2.75) is 26.0 Å². The molecule has 1 aliphatic rings. The van der Waals surface area contributed by atoms with Crippen LogP contribution in [-0.2, 0) is 19.6 Å². The molecule has 1 aromatic rings. The summed E-state index contributed by atoms with van der Waals surface area (Å²) in [6.07, 6.45) is 2.31. The molecule has 3 nitrogen and oxygen atoms in total. The highest BCUT2D eigenvalue weighted by Gasteiger charge is 2.18. The molecule has 0 saturated heterocycles. The molecule has 0 atom stereocenters. The topological polar surface area (TPSA) is 38.1 Å². The van der Waals surface area contributed by atoms with Crippen LogP contribution in [0.4, 0.5) is 0 Å². The summed E-state index contributed by atoms with van der Waals surface area (Å²) in [5.74, 6) is 0. The Hall–Kier alpha value is -0.100. The molecule has 11 heavy (non-hydrogen) atoms. The Morgan fingerprint density at radius 2 is 2.45 bits per heavy atom. The second-order valence-corrected chi connectivity index (χ2v) is 3.77. The minimum atomic E-state index is 0.0677. The summed E-state index contributed by atoms with van der Waals surface area (Å²) in [4.78, 5) is 0. The fourth-order valence-corrected chi connectivity index (χ4v) is 2.28. The number of fused-ring (bicyclic) bond motifs is 1. The van der Waals surface area contributed by atoms with Crippen molar-refractivity contribution in [3.8, 4) is 0 Å². The van der Waals surface area contributed by atoms with Gasteiger partial charge in [0, 0.05) is 6.54 Å². The van der Waals surface area contributed by atoms with Crippen LogP contribution in [0.15, 0.2) is 0 Å². The van der Waals surface area contributed by atoms with E-state index in [9.17, 15) is 0 Å². The van der Waals surface area contributed by atoms with Crippen LogP contribution in [-0.4, -0.2) is 14.9 Å². The van der Waals surface area contributed by atoms with Gasteiger partial charge in [-0.3, -0.25) is 4.68 Å². The van der Waals surface area contributed by atoms with Crippen LogP contribution < -0.4 is 0 Å². The molecule has 0 spiro atoms. The molecule has 1 aromatic heterocycles. The van der Waals surface area contributed by atoms with Gasteiger partial charge in [-0.1, -0.05) is 0 Å². The fourth-order valence-electron chi connectivity index (χ4n) is 1.45. The number of aliphatic hydroxyl groups excluding tert-OH is 1. The second-order valence-electron chi connectivity index (χ2n) is 2.69. The highest BCUT2D eigenvalue weighted by atomic mass is 127. The lowest BCUT2D eigenvalue weighted by Crippen LogP contribution is -1.95. The van der Waals surface area contributed by atoms with E-state index in [1.165, 1.54) is 12.1 Å². The summed E-state index contributed by atoms with van der Waals surface area (Å²) in [6.45, 7) is 1.09. The van der Waals surface area contributed by atoms with E-state index in [0.29, 0.717) is 0 Å². The maximum absolute atomic E-state index is 8.90. The molecule has 0 fully saturated rings. The number of hydrogen-bond donors (Lipinski definition) is 1. The Balaban J connectivity index is 2.49. The van der Waals surface area contributed by atoms with Gasteiger partial charge < -0.3 is 5.11 Å². The standard InChI is InChI=1S/C7H9IN2O/c8-7-5(4-11)9-10-3-1-2-6(7)10/h11H,1-4H2. The Morgan fingerprint density at radius 1 is 1.64 bits per heavy atom. The monoisotopic (exact) mass is 264 g/mol. The van der Waals surface area contributed by atoms with Gasteiger partial charge in [-0.05, 0) is 35.4 Å². The van der Waals surface area contributed by atoms with Gasteiger partial charge >= 0.3 is 0 Å². The van der Waals surface area contributed by atoms with E-state index < -0.39 is 0 Å².